The van der Waals surface area contributed by atoms with Crippen molar-refractivity contribution in [2.45, 2.75) is 32.9 Å². The maximum absolute atomic E-state index is 3.95. The monoisotopic (exact) mass is 621 g/mol. The summed E-state index contributed by atoms with van der Waals surface area (Å²) in [6.45, 7) is 4.37. The SMILES string of the molecule is C/C=C\C=C/CC1=C(C)Cc2cc3c4ccccc4n(-c4ccccc4)c3cc2N1C1C=CC=C(c2cccc(-c3ccccc3)c2)N1. The van der Waals surface area contributed by atoms with Crippen LogP contribution in [-0.2, 0) is 6.42 Å². The molecule has 0 saturated carbocycles. The van der Waals surface area contributed by atoms with Gasteiger partial charge in [0, 0.05) is 40.0 Å². The van der Waals surface area contributed by atoms with Gasteiger partial charge >= 0.3 is 0 Å². The minimum Gasteiger partial charge on any atom is -0.361 e. The van der Waals surface area contributed by atoms with Gasteiger partial charge in [-0.1, -0.05) is 115 Å². The van der Waals surface area contributed by atoms with Crippen LogP contribution in [0, 0.1) is 0 Å². The quantitative estimate of drug-likeness (QED) is 0.179. The van der Waals surface area contributed by atoms with E-state index in [4.69, 9.17) is 0 Å². The molecule has 5 aromatic carbocycles. The Hall–Kier alpha value is -5.80. The molecule has 0 amide bonds. The smallest absolute Gasteiger partial charge is 0.123 e. The number of anilines is 1. The second kappa shape index (κ2) is 12.8. The summed E-state index contributed by atoms with van der Waals surface area (Å²) in [6, 6.07) is 43.9. The highest BCUT2D eigenvalue weighted by Gasteiger charge is 2.30. The normalized spacial score (nSPS) is 16.2. The molecule has 0 spiro atoms. The van der Waals surface area contributed by atoms with E-state index in [0.29, 0.717) is 0 Å². The Morgan fingerprint density at radius 2 is 1.48 bits per heavy atom. The Labute approximate surface area is 283 Å². The lowest BCUT2D eigenvalue weighted by Crippen LogP contribution is -2.46. The van der Waals surface area contributed by atoms with Crippen LogP contribution < -0.4 is 10.2 Å². The molecule has 0 bridgehead atoms. The summed E-state index contributed by atoms with van der Waals surface area (Å²) in [6.07, 6.45) is 17.1. The zero-order valence-corrected chi connectivity index (χ0v) is 27.5. The van der Waals surface area contributed by atoms with Crippen molar-refractivity contribution in [1.29, 1.82) is 0 Å². The van der Waals surface area contributed by atoms with Crippen LogP contribution in [0.2, 0.25) is 0 Å². The van der Waals surface area contributed by atoms with Crippen molar-refractivity contribution in [1.82, 2.24) is 9.88 Å². The average molecular weight is 622 g/mol. The first-order valence-electron chi connectivity index (χ1n) is 16.9. The molecule has 2 aliphatic heterocycles. The lowest BCUT2D eigenvalue weighted by molar-refractivity contribution is 0.665. The highest BCUT2D eigenvalue weighted by Crippen LogP contribution is 2.43. The van der Waals surface area contributed by atoms with Crippen molar-refractivity contribution in [3.8, 4) is 16.8 Å². The van der Waals surface area contributed by atoms with Gasteiger partial charge in [-0.05, 0) is 96.6 Å². The van der Waals surface area contributed by atoms with E-state index < -0.39 is 0 Å². The molecule has 0 aliphatic carbocycles. The molecule has 3 nitrogen and oxygen atoms in total. The minimum absolute atomic E-state index is 0.0588. The summed E-state index contributed by atoms with van der Waals surface area (Å²) in [7, 11) is 0. The standard InChI is InChI=1S/C45H39N3/c1-3-4-5-12-25-41-32(2)28-36-30-39-38-23-13-14-26-42(38)47(37-21-10-7-11-22-37)44(39)31-43(36)48(41)45-27-16-24-40(46-45)35-20-15-19-34(29-35)33-17-8-6-9-18-33/h3-24,26-27,29-31,45-46H,25,28H2,1-2H3/b4-3-,12-5-. The first-order valence-corrected chi connectivity index (χ1v) is 16.9. The molecule has 1 aromatic heterocycles. The Morgan fingerprint density at radius 1 is 0.729 bits per heavy atom. The van der Waals surface area contributed by atoms with Gasteiger partial charge in [-0.3, -0.25) is 0 Å². The number of nitrogens with zero attached hydrogens (tertiary/aromatic N) is 2. The summed E-state index contributed by atoms with van der Waals surface area (Å²) in [5, 5.41) is 6.53. The largest absolute Gasteiger partial charge is 0.361 e. The number of nitrogens with one attached hydrogen (secondary N) is 1. The second-order valence-corrected chi connectivity index (χ2v) is 12.6. The van der Waals surface area contributed by atoms with Crippen molar-refractivity contribution in [3.05, 3.63) is 186 Å². The van der Waals surface area contributed by atoms with Crippen molar-refractivity contribution in [3.63, 3.8) is 0 Å². The summed E-state index contributed by atoms with van der Waals surface area (Å²) < 4.78 is 2.42. The van der Waals surface area contributed by atoms with Gasteiger partial charge in [0.1, 0.15) is 6.17 Å². The number of benzene rings is 5. The van der Waals surface area contributed by atoms with Crippen LogP contribution in [0.3, 0.4) is 0 Å². The summed E-state index contributed by atoms with van der Waals surface area (Å²) in [4.78, 5) is 2.55. The van der Waals surface area contributed by atoms with E-state index >= 15 is 0 Å². The van der Waals surface area contributed by atoms with Crippen molar-refractivity contribution in [2.75, 3.05) is 4.90 Å². The van der Waals surface area contributed by atoms with E-state index in [2.05, 4.69) is 192 Å². The zero-order chi connectivity index (χ0) is 32.5. The van der Waals surface area contributed by atoms with Crippen molar-refractivity contribution >= 4 is 33.2 Å². The summed E-state index contributed by atoms with van der Waals surface area (Å²) >= 11 is 0. The van der Waals surface area contributed by atoms with Gasteiger partial charge in [0.05, 0.1) is 11.0 Å². The van der Waals surface area contributed by atoms with E-state index in [-0.39, 0.29) is 6.17 Å². The number of allylic oxidation sites excluding steroid dienone is 7. The third kappa shape index (κ3) is 5.38. The van der Waals surface area contributed by atoms with Crippen LogP contribution in [0.1, 0.15) is 31.4 Å². The van der Waals surface area contributed by atoms with E-state index in [9.17, 15) is 0 Å². The zero-order valence-electron chi connectivity index (χ0n) is 27.5. The van der Waals surface area contributed by atoms with Crippen LogP contribution in [0.25, 0.3) is 44.3 Å². The molecular formula is C45H39N3. The number of para-hydroxylation sites is 2. The lowest BCUT2D eigenvalue weighted by atomic mass is 9.92. The van der Waals surface area contributed by atoms with Gasteiger partial charge in [-0.15, -0.1) is 0 Å². The molecule has 3 heteroatoms. The molecule has 0 radical (unpaired) electrons. The van der Waals surface area contributed by atoms with Gasteiger partial charge in [-0.25, -0.2) is 0 Å². The average Bonchev–Trinajstić information content (AvgIpc) is 3.46. The van der Waals surface area contributed by atoms with Crippen LogP contribution in [-0.4, -0.2) is 10.7 Å². The molecule has 2 aliphatic rings. The summed E-state index contributed by atoms with van der Waals surface area (Å²) in [5.41, 5.74) is 13.7. The van der Waals surface area contributed by atoms with E-state index in [1.165, 1.54) is 66.7 Å². The predicted molar refractivity (Wildman–Crippen MR) is 204 cm³/mol. The number of dihydropyridines is 1. The molecule has 234 valence electrons. The lowest BCUT2D eigenvalue weighted by Gasteiger charge is -2.41. The van der Waals surface area contributed by atoms with Crippen molar-refractivity contribution < 1.29 is 0 Å². The van der Waals surface area contributed by atoms with Gasteiger partial charge in [-0.2, -0.15) is 0 Å². The fourth-order valence-corrected chi connectivity index (χ4v) is 7.31. The molecule has 0 saturated heterocycles. The molecule has 0 fully saturated rings. The minimum atomic E-state index is -0.0588. The topological polar surface area (TPSA) is 20.2 Å². The molecule has 1 N–H and O–H groups in total. The number of fused-ring (bicyclic) bond motifs is 4. The Bertz CT molecular complexity index is 2280. The molecular weight excluding hydrogens is 583 g/mol. The third-order valence-electron chi connectivity index (χ3n) is 9.56. The third-order valence-corrected chi connectivity index (χ3v) is 9.56. The van der Waals surface area contributed by atoms with E-state index in [1.54, 1.807) is 0 Å². The molecule has 8 rings (SSSR count). The Kier molecular flexibility index (Phi) is 7.87. The second-order valence-electron chi connectivity index (χ2n) is 12.6. The van der Waals surface area contributed by atoms with Gasteiger partial charge in [0.2, 0.25) is 0 Å². The van der Waals surface area contributed by atoms with Gasteiger partial charge < -0.3 is 14.8 Å². The van der Waals surface area contributed by atoms with Crippen LogP contribution in [0.4, 0.5) is 5.69 Å². The number of rotatable bonds is 7. The first-order chi connectivity index (χ1) is 23.7. The molecule has 48 heavy (non-hydrogen) atoms. The maximum atomic E-state index is 3.95. The maximum Gasteiger partial charge on any atom is 0.123 e. The van der Waals surface area contributed by atoms with Crippen LogP contribution >= 0.6 is 0 Å². The highest BCUT2D eigenvalue weighted by molar-refractivity contribution is 6.10. The Morgan fingerprint density at radius 3 is 2.31 bits per heavy atom. The highest BCUT2D eigenvalue weighted by atomic mass is 15.3. The summed E-state index contributed by atoms with van der Waals surface area (Å²) in [5.74, 6) is 0. The fourth-order valence-electron chi connectivity index (χ4n) is 7.31. The number of hydrogen-bond donors (Lipinski definition) is 1. The number of aromatic nitrogens is 1. The van der Waals surface area contributed by atoms with Crippen LogP contribution in [0.15, 0.2) is 175 Å². The molecule has 1 atom stereocenters. The molecule has 1 unspecified atom stereocenters. The van der Waals surface area contributed by atoms with Crippen molar-refractivity contribution in [2.24, 2.45) is 0 Å². The molecule has 3 heterocycles. The Balaban J connectivity index is 1.26. The van der Waals surface area contributed by atoms with Crippen LogP contribution in [0.5, 0.6) is 0 Å². The molecule has 6 aromatic rings. The fraction of sp³-hybridized carbons (Fsp3) is 0.111. The van der Waals surface area contributed by atoms with E-state index in [1.807, 2.05) is 0 Å². The number of hydrogen-bond acceptors (Lipinski definition) is 2. The van der Waals surface area contributed by atoms with Gasteiger partial charge in [0.15, 0.2) is 0 Å². The van der Waals surface area contributed by atoms with E-state index in [0.717, 1.165) is 18.5 Å². The van der Waals surface area contributed by atoms with Gasteiger partial charge in [0.25, 0.3) is 0 Å². The first kappa shape index (κ1) is 29.6. The predicted octanol–water partition coefficient (Wildman–Crippen LogP) is 11.1.